The summed E-state index contributed by atoms with van der Waals surface area (Å²) >= 11 is 1.28. The summed E-state index contributed by atoms with van der Waals surface area (Å²) in [6.07, 6.45) is 0. The van der Waals surface area contributed by atoms with Crippen LogP contribution in [0.5, 0.6) is 0 Å². The van der Waals surface area contributed by atoms with Gasteiger partial charge in [0.15, 0.2) is 5.69 Å². The molecule has 0 unspecified atom stereocenters. The number of benzene rings is 1. The van der Waals surface area contributed by atoms with Crippen molar-refractivity contribution in [1.82, 2.24) is 25.5 Å². The van der Waals surface area contributed by atoms with Crippen LogP contribution in [0.2, 0.25) is 0 Å². The average molecular weight is 427 g/mol. The maximum atomic E-state index is 12.7. The van der Waals surface area contributed by atoms with Crippen LogP contribution in [0, 0.1) is 0 Å². The van der Waals surface area contributed by atoms with E-state index in [0.717, 1.165) is 0 Å². The second-order valence-corrected chi connectivity index (χ2v) is 7.83. The highest BCUT2D eigenvalue weighted by molar-refractivity contribution is 7.12. The third-order valence-electron chi connectivity index (χ3n) is 4.31. The van der Waals surface area contributed by atoms with Crippen molar-refractivity contribution in [3.05, 3.63) is 62.7 Å². The highest BCUT2D eigenvalue weighted by Gasteiger charge is 2.19. The quantitative estimate of drug-likeness (QED) is 0.600. The topological polar surface area (TPSA) is 113 Å². The molecule has 3 rings (SSSR count). The molecule has 2 aromatic heterocycles. The molecule has 0 bridgehead atoms. The van der Waals surface area contributed by atoms with E-state index in [1.54, 1.807) is 55.6 Å². The number of nitrogens with zero attached hydrogens (tertiary/aromatic N) is 3. The number of rotatable bonds is 5. The van der Waals surface area contributed by atoms with Gasteiger partial charge in [-0.25, -0.2) is 4.68 Å². The molecule has 1 aromatic carbocycles. The minimum atomic E-state index is -0.666. The number of carbonyl (C=O) groups is 3. The number of thiophene rings is 1. The summed E-state index contributed by atoms with van der Waals surface area (Å²) in [6.45, 7) is 3.33. The van der Waals surface area contributed by atoms with E-state index in [2.05, 4.69) is 16.0 Å². The first-order valence-corrected chi connectivity index (χ1v) is 10.1. The van der Waals surface area contributed by atoms with Gasteiger partial charge in [0, 0.05) is 12.4 Å². The lowest BCUT2D eigenvalue weighted by Gasteiger charge is -2.17. The van der Waals surface area contributed by atoms with Crippen molar-refractivity contribution >= 4 is 39.8 Å². The predicted octanol–water partition coefficient (Wildman–Crippen LogP) is 1.57. The van der Waals surface area contributed by atoms with E-state index < -0.39 is 11.8 Å². The van der Waals surface area contributed by atoms with Crippen molar-refractivity contribution in [3.63, 3.8) is 0 Å². The van der Waals surface area contributed by atoms with Crippen molar-refractivity contribution in [2.75, 3.05) is 13.6 Å². The summed E-state index contributed by atoms with van der Waals surface area (Å²) in [4.78, 5) is 51.4. The van der Waals surface area contributed by atoms with E-state index in [0.29, 0.717) is 15.6 Å². The number of carbonyl (C=O) groups excluding carboxylic acids is 3. The Hall–Kier alpha value is -3.53. The number of aromatic nitrogens is 2. The highest BCUT2D eigenvalue weighted by atomic mass is 32.1. The van der Waals surface area contributed by atoms with Gasteiger partial charge in [-0.3, -0.25) is 30.0 Å². The number of nitrogens with one attached hydrogen (secondary N) is 2. The molecule has 2 heterocycles. The van der Waals surface area contributed by atoms with Gasteiger partial charge in [0.1, 0.15) is 6.54 Å². The van der Waals surface area contributed by atoms with E-state index in [4.69, 9.17) is 0 Å². The van der Waals surface area contributed by atoms with Crippen LogP contribution in [0.1, 0.15) is 40.0 Å². The molecule has 30 heavy (non-hydrogen) atoms. The summed E-state index contributed by atoms with van der Waals surface area (Å²) in [7, 11) is 1.50. The lowest BCUT2D eigenvalue weighted by Crippen LogP contribution is -2.47. The number of fused-ring (bicyclic) bond motifs is 1. The molecule has 3 amide bonds. The fourth-order valence-electron chi connectivity index (χ4n) is 2.83. The van der Waals surface area contributed by atoms with Crippen LogP contribution in [0.15, 0.2) is 46.6 Å². The number of amides is 3. The Morgan fingerprint density at radius 1 is 1.10 bits per heavy atom. The number of hydrogen-bond acceptors (Lipinski definition) is 6. The summed E-state index contributed by atoms with van der Waals surface area (Å²) in [5.74, 6) is -1.53. The molecule has 0 fully saturated rings. The zero-order valence-electron chi connectivity index (χ0n) is 16.7. The molecule has 2 N–H and O–H groups in total. The van der Waals surface area contributed by atoms with Gasteiger partial charge in [-0.2, -0.15) is 5.10 Å². The lowest BCUT2D eigenvalue weighted by molar-refractivity contribution is -0.122. The number of likely N-dealkylation sites (N-methyl/N-ethyl adjacent to an activating group) is 1. The van der Waals surface area contributed by atoms with Gasteiger partial charge in [-0.15, -0.1) is 11.3 Å². The molecule has 0 saturated carbocycles. The Morgan fingerprint density at radius 2 is 1.80 bits per heavy atom. The van der Waals surface area contributed by atoms with Gasteiger partial charge in [0.05, 0.1) is 16.3 Å². The Bertz CT molecular complexity index is 1150. The van der Waals surface area contributed by atoms with Gasteiger partial charge in [-0.05, 0) is 31.4 Å². The molecule has 0 aliphatic rings. The molecule has 10 heteroatoms. The van der Waals surface area contributed by atoms with Crippen molar-refractivity contribution < 1.29 is 14.4 Å². The van der Waals surface area contributed by atoms with E-state index >= 15 is 0 Å². The van der Waals surface area contributed by atoms with Crippen LogP contribution in [0.4, 0.5) is 0 Å². The zero-order chi connectivity index (χ0) is 21.8. The van der Waals surface area contributed by atoms with Crippen LogP contribution in [-0.4, -0.2) is 46.0 Å². The zero-order valence-corrected chi connectivity index (χ0v) is 17.5. The summed E-state index contributed by atoms with van der Waals surface area (Å²) in [5.41, 5.74) is 4.31. The predicted molar refractivity (Wildman–Crippen MR) is 113 cm³/mol. The Morgan fingerprint density at radius 3 is 2.43 bits per heavy atom. The molecule has 9 nitrogen and oxygen atoms in total. The van der Waals surface area contributed by atoms with Crippen molar-refractivity contribution in [1.29, 1.82) is 0 Å². The first-order chi connectivity index (χ1) is 14.3. The van der Waals surface area contributed by atoms with Gasteiger partial charge in [0.25, 0.3) is 23.3 Å². The largest absolute Gasteiger partial charge is 0.332 e. The monoisotopic (exact) mass is 427 g/mol. The first-order valence-electron chi connectivity index (χ1n) is 9.19. The first kappa shape index (κ1) is 21.2. The van der Waals surface area contributed by atoms with Crippen LogP contribution in [0.3, 0.4) is 0 Å². The van der Waals surface area contributed by atoms with Crippen LogP contribution in [0.25, 0.3) is 10.8 Å². The van der Waals surface area contributed by atoms with Crippen molar-refractivity contribution in [2.45, 2.75) is 19.9 Å². The van der Waals surface area contributed by atoms with E-state index in [9.17, 15) is 19.2 Å². The smallest absolute Gasteiger partial charge is 0.290 e. The summed E-state index contributed by atoms with van der Waals surface area (Å²) in [5, 5.41) is 6.70. The fourth-order valence-corrected chi connectivity index (χ4v) is 3.54. The van der Waals surface area contributed by atoms with Crippen LogP contribution in [-0.2, 0) is 4.79 Å². The average Bonchev–Trinajstić information content (AvgIpc) is 3.26. The maximum Gasteiger partial charge on any atom is 0.290 e. The molecule has 0 radical (unpaired) electrons. The Labute approximate surface area is 176 Å². The third kappa shape index (κ3) is 4.38. The second-order valence-electron chi connectivity index (χ2n) is 6.88. The molecule has 156 valence electrons. The van der Waals surface area contributed by atoms with Gasteiger partial charge in [-0.1, -0.05) is 24.3 Å². The molecular formula is C20H21N5O4S. The molecule has 0 aliphatic carbocycles. The highest BCUT2D eigenvalue weighted by Crippen LogP contribution is 2.14. The second kappa shape index (κ2) is 8.87. The van der Waals surface area contributed by atoms with Crippen molar-refractivity contribution in [3.8, 4) is 0 Å². The van der Waals surface area contributed by atoms with E-state index in [-0.39, 0.29) is 29.7 Å². The molecule has 0 atom stereocenters. The van der Waals surface area contributed by atoms with Crippen LogP contribution < -0.4 is 16.4 Å². The fraction of sp³-hybridized carbons (Fsp3) is 0.250. The van der Waals surface area contributed by atoms with Crippen LogP contribution >= 0.6 is 11.3 Å². The third-order valence-corrected chi connectivity index (χ3v) is 5.17. The minimum absolute atomic E-state index is 0.0159. The molecule has 0 spiro atoms. The standard InChI is InChI=1S/C20H21N5O4S/c1-12(2)25-19(28)14-8-5-4-7-13(14)17(23-25)18(27)22-21-16(26)11-24(3)20(29)15-9-6-10-30-15/h4-10,12H,11H2,1-3H3,(H,21,26)(H,22,27). The lowest BCUT2D eigenvalue weighted by atomic mass is 10.1. The van der Waals surface area contributed by atoms with Gasteiger partial charge >= 0.3 is 0 Å². The molecule has 3 aromatic rings. The van der Waals surface area contributed by atoms with Gasteiger partial charge < -0.3 is 4.90 Å². The van der Waals surface area contributed by atoms with Crippen molar-refractivity contribution in [2.24, 2.45) is 0 Å². The van der Waals surface area contributed by atoms with Gasteiger partial charge in [0.2, 0.25) is 0 Å². The minimum Gasteiger partial charge on any atom is -0.332 e. The normalized spacial score (nSPS) is 10.8. The number of hydrazine groups is 1. The summed E-state index contributed by atoms with van der Waals surface area (Å²) in [6, 6.07) is 9.82. The SMILES string of the molecule is CC(C)n1nc(C(=O)NNC(=O)CN(C)C(=O)c2cccs2)c2ccccc2c1=O. The molecular weight excluding hydrogens is 406 g/mol. The molecule has 0 saturated heterocycles. The van der Waals surface area contributed by atoms with E-state index in [1.165, 1.54) is 28.0 Å². The molecule has 0 aliphatic heterocycles. The maximum absolute atomic E-state index is 12.7. The Balaban J connectivity index is 1.72. The number of hydrogen-bond donors (Lipinski definition) is 2. The summed E-state index contributed by atoms with van der Waals surface area (Å²) < 4.78 is 1.23. The van der Waals surface area contributed by atoms with E-state index in [1.807, 2.05) is 0 Å². The Kier molecular flexibility index (Phi) is 6.26.